The number of hydrogen-bond donors (Lipinski definition) is 0. The van der Waals surface area contributed by atoms with E-state index >= 15 is 0 Å². The van der Waals surface area contributed by atoms with E-state index in [9.17, 15) is 10.1 Å². The molecule has 1 rings (SSSR count). The van der Waals surface area contributed by atoms with Gasteiger partial charge in [0.2, 0.25) is 0 Å². The highest BCUT2D eigenvalue weighted by Gasteiger charge is 2.03. The number of hydrogen-bond acceptors (Lipinski definition) is 4. The zero-order valence-corrected chi connectivity index (χ0v) is 9.81. The molecule has 0 fully saturated rings. The van der Waals surface area contributed by atoms with E-state index in [1.807, 2.05) is 0 Å². The van der Waals surface area contributed by atoms with Crippen molar-refractivity contribution in [3.63, 3.8) is 0 Å². The molecule has 0 atom stereocenters. The van der Waals surface area contributed by atoms with Gasteiger partial charge < -0.3 is 0 Å². The molecule has 0 aliphatic rings. The number of nitro groups is 1. The predicted octanol–water partition coefficient (Wildman–Crippen LogP) is 3.18. The molecule has 0 radical (unpaired) electrons. The Balaban J connectivity index is 2.91. The van der Waals surface area contributed by atoms with Crippen molar-refractivity contribution < 1.29 is 4.92 Å². The fraction of sp³-hybridized carbons (Fsp3) is 0. The summed E-state index contributed by atoms with van der Waals surface area (Å²) >= 11 is 10.8. The van der Waals surface area contributed by atoms with Gasteiger partial charge in [-0.15, -0.1) is 0 Å². The molecule has 86 valence electrons. The van der Waals surface area contributed by atoms with Gasteiger partial charge in [0.05, 0.1) is 4.92 Å². The molecule has 1 aromatic rings. The number of aliphatic imine (C=N–C) groups is 1. The number of nitriles is 1. The quantitative estimate of drug-likeness (QED) is 0.366. The SMILES string of the molecule is N#CC(/N=C/c1ccc([N+](=O)[O-])cc1)=C(Cl)Cl. The summed E-state index contributed by atoms with van der Waals surface area (Å²) in [6, 6.07) is 7.37. The molecule has 0 saturated heterocycles. The Bertz CT molecular complexity index is 525. The van der Waals surface area contributed by atoms with E-state index in [2.05, 4.69) is 4.99 Å². The average molecular weight is 270 g/mol. The van der Waals surface area contributed by atoms with E-state index in [1.165, 1.54) is 30.5 Å². The van der Waals surface area contributed by atoms with Crippen LogP contribution in [0.1, 0.15) is 5.56 Å². The smallest absolute Gasteiger partial charge is 0.258 e. The summed E-state index contributed by atoms with van der Waals surface area (Å²) in [6.07, 6.45) is 1.34. The maximum absolute atomic E-state index is 10.4. The lowest BCUT2D eigenvalue weighted by atomic mass is 10.2. The van der Waals surface area contributed by atoms with Crippen molar-refractivity contribution in [2.45, 2.75) is 0 Å². The number of nitro benzene ring substituents is 1. The molecule has 5 nitrogen and oxygen atoms in total. The Kier molecular flexibility index (Phi) is 4.64. The van der Waals surface area contributed by atoms with Crippen molar-refractivity contribution in [1.82, 2.24) is 0 Å². The lowest BCUT2D eigenvalue weighted by molar-refractivity contribution is -0.384. The summed E-state index contributed by atoms with van der Waals surface area (Å²) in [6.45, 7) is 0. The molecule has 0 saturated carbocycles. The Morgan fingerprint density at radius 1 is 1.41 bits per heavy atom. The lowest BCUT2D eigenvalue weighted by Crippen LogP contribution is -1.88. The van der Waals surface area contributed by atoms with E-state index in [0.717, 1.165) is 0 Å². The van der Waals surface area contributed by atoms with Crippen molar-refractivity contribution in [2.24, 2.45) is 4.99 Å². The van der Waals surface area contributed by atoms with Gasteiger partial charge in [-0.3, -0.25) is 10.1 Å². The molecule has 1 aromatic carbocycles. The van der Waals surface area contributed by atoms with Gasteiger partial charge in [0, 0.05) is 18.3 Å². The van der Waals surface area contributed by atoms with Crippen molar-refractivity contribution in [3.8, 4) is 6.07 Å². The number of rotatable bonds is 3. The Hall–Kier alpha value is -1.90. The molecular weight excluding hydrogens is 265 g/mol. The topological polar surface area (TPSA) is 79.3 Å². The molecule has 0 aliphatic heterocycles. The van der Waals surface area contributed by atoms with Gasteiger partial charge in [0.25, 0.3) is 5.69 Å². The van der Waals surface area contributed by atoms with Crippen LogP contribution in [-0.4, -0.2) is 11.1 Å². The summed E-state index contributed by atoms with van der Waals surface area (Å²) in [5.41, 5.74) is 0.457. The Morgan fingerprint density at radius 3 is 2.41 bits per heavy atom. The number of non-ortho nitro benzene ring substituents is 1. The van der Waals surface area contributed by atoms with E-state index in [4.69, 9.17) is 28.5 Å². The first-order chi connectivity index (χ1) is 8.04. The van der Waals surface area contributed by atoms with Crippen LogP contribution in [0.2, 0.25) is 0 Å². The summed E-state index contributed by atoms with van der Waals surface area (Å²) < 4.78 is -0.231. The summed E-state index contributed by atoms with van der Waals surface area (Å²) in [4.78, 5) is 13.6. The zero-order valence-electron chi connectivity index (χ0n) is 8.30. The highest BCUT2D eigenvalue weighted by molar-refractivity contribution is 6.56. The molecule has 0 N–H and O–H groups in total. The first-order valence-corrected chi connectivity index (χ1v) is 5.04. The number of benzene rings is 1. The Labute approximate surface area is 107 Å². The third-order valence-corrected chi connectivity index (χ3v) is 2.09. The second kappa shape index (κ2) is 5.99. The molecule has 17 heavy (non-hydrogen) atoms. The van der Waals surface area contributed by atoms with Gasteiger partial charge in [0.1, 0.15) is 10.6 Å². The van der Waals surface area contributed by atoms with Crippen molar-refractivity contribution in [3.05, 3.63) is 50.1 Å². The fourth-order valence-electron chi connectivity index (χ4n) is 0.941. The molecule has 0 spiro atoms. The fourth-order valence-corrected chi connectivity index (χ4v) is 1.12. The second-order valence-electron chi connectivity index (χ2n) is 2.83. The summed E-state index contributed by atoms with van der Waals surface area (Å²) in [5.74, 6) is 0. The first-order valence-electron chi connectivity index (χ1n) is 4.28. The average Bonchev–Trinajstić information content (AvgIpc) is 2.30. The van der Waals surface area contributed by atoms with E-state index in [-0.39, 0.29) is 15.9 Å². The monoisotopic (exact) mass is 269 g/mol. The Morgan fingerprint density at radius 2 is 2.00 bits per heavy atom. The number of halogens is 2. The number of nitrogens with zero attached hydrogens (tertiary/aromatic N) is 3. The van der Waals surface area contributed by atoms with Gasteiger partial charge in [-0.1, -0.05) is 23.2 Å². The largest absolute Gasteiger partial charge is 0.269 e. The lowest BCUT2D eigenvalue weighted by Gasteiger charge is -1.93. The minimum atomic E-state index is -0.503. The highest BCUT2D eigenvalue weighted by atomic mass is 35.5. The van der Waals surface area contributed by atoms with E-state index < -0.39 is 4.92 Å². The van der Waals surface area contributed by atoms with Crippen LogP contribution in [0.25, 0.3) is 0 Å². The molecule has 7 heteroatoms. The van der Waals surface area contributed by atoms with Gasteiger partial charge in [-0.2, -0.15) is 5.26 Å². The van der Waals surface area contributed by atoms with Crippen molar-refractivity contribution >= 4 is 35.1 Å². The summed E-state index contributed by atoms with van der Waals surface area (Å²) in [5, 5.41) is 19.0. The van der Waals surface area contributed by atoms with Crippen LogP contribution in [0.4, 0.5) is 5.69 Å². The van der Waals surface area contributed by atoms with Crippen molar-refractivity contribution in [2.75, 3.05) is 0 Å². The first kappa shape index (κ1) is 13.2. The minimum absolute atomic E-state index is 0.0198. The van der Waals surface area contributed by atoms with Crippen LogP contribution in [0.5, 0.6) is 0 Å². The molecule has 0 amide bonds. The molecule has 0 unspecified atom stereocenters. The molecular formula is C10H5Cl2N3O2. The number of allylic oxidation sites excluding steroid dienone is 1. The van der Waals surface area contributed by atoms with Crippen LogP contribution < -0.4 is 0 Å². The molecule has 0 heterocycles. The van der Waals surface area contributed by atoms with Crippen molar-refractivity contribution in [1.29, 1.82) is 5.26 Å². The third-order valence-electron chi connectivity index (χ3n) is 1.73. The normalized spacial score (nSPS) is 9.94. The van der Waals surface area contributed by atoms with E-state index in [0.29, 0.717) is 5.56 Å². The zero-order chi connectivity index (χ0) is 12.8. The van der Waals surface area contributed by atoms with Crippen LogP contribution >= 0.6 is 23.2 Å². The van der Waals surface area contributed by atoms with Gasteiger partial charge in [-0.05, 0) is 17.7 Å². The summed E-state index contributed by atoms with van der Waals surface area (Å²) in [7, 11) is 0. The van der Waals surface area contributed by atoms with E-state index in [1.54, 1.807) is 6.07 Å². The van der Waals surface area contributed by atoms with Gasteiger partial charge in [0.15, 0.2) is 5.70 Å². The van der Waals surface area contributed by atoms with Crippen LogP contribution in [0.15, 0.2) is 39.4 Å². The molecule has 0 aromatic heterocycles. The van der Waals surface area contributed by atoms with Crippen LogP contribution in [0.3, 0.4) is 0 Å². The maximum atomic E-state index is 10.4. The van der Waals surface area contributed by atoms with Crippen LogP contribution in [-0.2, 0) is 0 Å². The predicted molar refractivity (Wildman–Crippen MR) is 65.0 cm³/mol. The molecule has 0 aliphatic carbocycles. The van der Waals surface area contributed by atoms with Gasteiger partial charge in [-0.25, -0.2) is 4.99 Å². The third kappa shape index (κ3) is 3.87. The highest BCUT2D eigenvalue weighted by Crippen LogP contribution is 2.15. The van der Waals surface area contributed by atoms with Crippen LogP contribution in [0, 0.1) is 21.4 Å². The standard InChI is InChI=1S/C10H5Cl2N3O2/c11-10(12)9(5-13)14-6-7-1-3-8(4-2-7)15(16)17/h1-4,6H/b14-6+. The second-order valence-corrected chi connectivity index (χ2v) is 3.78. The van der Waals surface area contributed by atoms with Gasteiger partial charge >= 0.3 is 0 Å². The molecule has 0 bridgehead atoms. The minimum Gasteiger partial charge on any atom is -0.258 e. The maximum Gasteiger partial charge on any atom is 0.269 e.